The minimum absolute atomic E-state index is 0.0265. The molecule has 0 saturated carbocycles. The van der Waals surface area contributed by atoms with Crippen LogP contribution in [0.5, 0.6) is 0 Å². The van der Waals surface area contributed by atoms with E-state index in [1.54, 1.807) is 6.20 Å². The molecule has 3 aromatic rings. The maximum atomic E-state index is 12.5. The van der Waals surface area contributed by atoms with E-state index in [0.717, 1.165) is 23.5 Å². The van der Waals surface area contributed by atoms with Crippen LogP contribution in [0, 0.1) is 13.8 Å². The van der Waals surface area contributed by atoms with Crippen molar-refractivity contribution in [3.63, 3.8) is 0 Å². The summed E-state index contributed by atoms with van der Waals surface area (Å²) in [6.45, 7) is 6.79. The van der Waals surface area contributed by atoms with Gasteiger partial charge in [0, 0.05) is 24.5 Å². The molecule has 1 N–H and O–H groups in total. The SMILES string of the molecule is Cc1ccc([C@H](C)NC(=O)c2ccc(Cn3ccnc3C)cc2)cc1. The second-order valence-corrected chi connectivity index (χ2v) is 6.41. The lowest BCUT2D eigenvalue weighted by Crippen LogP contribution is -2.26. The molecule has 1 atom stereocenters. The molecule has 25 heavy (non-hydrogen) atoms. The van der Waals surface area contributed by atoms with Gasteiger partial charge in [0.2, 0.25) is 0 Å². The number of benzene rings is 2. The fourth-order valence-corrected chi connectivity index (χ4v) is 2.75. The molecule has 0 unspecified atom stereocenters. The van der Waals surface area contributed by atoms with Crippen molar-refractivity contribution < 1.29 is 4.79 Å². The highest BCUT2D eigenvalue weighted by atomic mass is 16.1. The topological polar surface area (TPSA) is 46.9 Å². The van der Waals surface area contributed by atoms with E-state index in [2.05, 4.69) is 46.1 Å². The zero-order valence-corrected chi connectivity index (χ0v) is 14.9. The second kappa shape index (κ2) is 7.34. The molecule has 1 heterocycles. The predicted molar refractivity (Wildman–Crippen MR) is 99.6 cm³/mol. The highest BCUT2D eigenvalue weighted by Gasteiger charge is 2.11. The lowest BCUT2D eigenvalue weighted by molar-refractivity contribution is 0.0940. The van der Waals surface area contributed by atoms with Crippen molar-refractivity contribution in [3.05, 3.63) is 89.0 Å². The first-order valence-electron chi connectivity index (χ1n) is 8.47. The van der Waals surface area contributed by atoms with Crippen LogP contribution in [0.2, 0.25) is 0 Å². The van der Waals surface area contributed by atoms with Crippen molar-refractivity contribution in [2.75, 3.05) is 0 Å². The minimum atomic E-state index is -0.0570. The summed E-state index contributed by atoms with van der Waals surface area (Å²) in [5, 5.41) is 3.05. The number of nitrogens with one attached hydrogen (secondary N) is 1. The van der Waals surface area contributed by atoms with E-state index in [4.69, 9.17) is 0 Å². The lowest BCUT2D eigenvalue weighted by Gasteiger charge is -2.15. The fraction of sp³-hybridized carbons (Fsp3) is 0.238. The van der Waals surface area contributed by atoms with Gasteiger partial charge in [-0.15, -0.1) is 0 Å². The predicted octanol–water partition coefficient (Wildman–Crippen LogP) is 4.04. The normalized spacial score (nSPS) is 12.0. The number of hydrogen-bond donors (Lipinski definition) is 1. The molecule has 0 aliphatic carbocycles. The van der Waals surface area contributed by atoms with Gasteiger partial charge in [0.05, 0.1) is 6.04 Å². The Kier molecular flexibility index (Phi) is 4.98. The Balaban J connectivity index is 1.64. The molecule has 0 aliphatic rings. The van der Waals surface area contributed by atoms with E-state index >= 15 is 0 Å². The molecular formula is C21H23N3O. The maximum Gasteiger partial charge on any atom is 0.251 e. The summed E-state index contributed by atoms with van der Waals surface area (Å²) in [5.41, 5.74) is 4.13. The van der Waals surface area contributed by atoms with Crippen LogP contribution < -0.4 is 5.32 Å². The summed E-state index contributed by atoms with van der Waals surface area (Å²) >= 11 is 0. The van der Waals surface area contributed by atoms with Crippen molar-refractivity contribution in [1.82, 2.24) is 14.9 Å². The summed E-state index contributed by atoms with van der Waals surface area (Å²) < 4.78 is 2.08. The summed E-state index contributed by atoms with van der Waals surface area (Å²) in [6, 6.07) is 15.9. The van der Waals surface area contributed by atoms with Crippen LogP contribution >= 0.6 is 0 Å². The van der Waals surface area contributed by atoms with Gasteiger partial charge >= 0.3 is 0 Å². The van der Waals surface area contributed by atoms with Crippen LogP contribution in [0.1, 0.15) is 45.8 Å². The molecule has 128 valence electrons. The fourth-order valence-electron chi connectivity index (χ4n) is 2.75. The molecular weight excluding hydrogens is 310 g/mol. The molecule has 0 radical (unpaired) electrons. The Labute approximate surface area is 148 Å². The number of amides is 1. The van der Waals surface area contributed by atoms with Gasteiger partial charge in [0.15, 0.2) is 0 Å². The number of nitrogens with zero attached hydrogens (tertiary/aromatic N) is 2. The zero-order valence-electron chi connectivity index (χ0n) is 14.9. The highest BCUT2D eigenvalue weighted by molar-refractivity contribution is 5.94. The molecule has 2 aromatic carbocycles. The summed E-state index contributed by atoms with van der Waals surface area (Å²) in [5.74, 6) is 0.923. The van der Waals surface area contributed by atoms with Crippen LogP contribution in [0.3, 0.4) is 0 Å². The van der Waals surface area contributed by atoms with E-state index in [1.165, 1.54) is 5.56 Å². The first-order valence-corrected chi connectivity index (χ1v) is 8.47. The summed E-state index contributed by atoms with van der Waals surface area (Å²) in [7, 11) is 0. The van der Waals surface area contributed by atoms with Crippen molar-refractivity contribution in [2.45, 2.75) is 33.4 Å². The number of aryl methyl sites for hydroxylation is 2. The number of carbonyl (C=O) groups excluding carboxylic acids is 1. The number of imidazole rings is 1. The molecule has 0 saturated heterocycles. The van der Waals surface area contributed by atoms with Gasteiger partial charge < -0.3 is 9.88 Å². The molecule has 0 aliphatic heterocycles. The Bertz CT molecular complexity index is 848. The number of hydrogen-bond acceptors (Lipinski definition) is 2. The molecule has 1 amide bonds. The third-order valence-corrected chi connectivity index (χ3v) is 4.42. The quantitative estimate of drug-likeness (QED) is 0.766. The first kappa shape index (κ1) is 17.0. The molecule has 0 fully saturated rings. The van der Waals surface area contributed by atoms with Gasteiger partial charge in [-0.25, -0.2) is 4.98 Å². The summed E-state index contributed by atoms with van der Waals surface area (Å²) in [6.07, 6.45) is 3.75. The van der Waals surface area contributed by atoms with Crippen LogP contribution in [0.15, 0.2) is 60.9 Å². The number of rotatable bonds is 5. The van der Waals surface area contributed by atoms with Gasteiger partial charge in [0.1, 0.15) is 5.82 Å². The van der Waals surface area contributed by atoms with Gasteiger partial charge in [-0.2, -0.15) is 0 Å². The summed E-state index contributed by atoms with van der Waals surface area (Å²) in [4.78, 5) is 16.7. The standard InChI is InChI=1S/C21H23N3O/c1-15-4-8-19(9-5-15)16(2)23-21(25)20-10-6-18(7-11-20)14-24-13-12-22-17(24)3/h4-13,16H,14H2,1-3H3,(H,23,25)/t16-/m0/s1. The smallest absolute Gasteiger partial charge is 0.251 e. The van der Waals surface area contributed by atoms with Gasteiger partial charge in [-0.3, -0.25) is 4.79 Å². The third kappa shape index (κ3) is 4.15. The average Bonchev–Trinajstić information content (AvgIpc) is 3.01. The van der Waals surface area contributed by atoms with E-state index in [1.807, 2.05) is 44.3 Å². The molecule has 1 aromatic heterocycles. The van der Waals surface area contributed by atoms with Crippen LogP contribution in [0.25, 0.3) is 0 Å². The van der Waals surface area contributed by atoms with E-state index in [0.29, 0.717) is 5.56 Å². The number of aromatic nitrogens is 2. The molecule has 0 bridgehead atoms. The zero-order chi connectivity index (χ0) is 17.8. The van der Waals surface area contributed by atoms with Gasteiger partial charge in [-0.05, 0) is 44.0 Å². The Morgan fingerprint density at radius 3 is 2.36 bits per heavy atom. The molecule has 3 rings (SSSR count). The van der Waals surface area contributed by atoms with Gasteiger partial charge in [0.25, 0.3) is 5.91 Å². The lowest BCUT2D eigenvalue weighted by atomic mass is 10.1. The van der Waals surface area contributed by atoms with Crippen molar-refractivity contribution >= 4 is 5.91 Å². The first-order chi connectivity index (χ1) is 12.0. The molecule has 0 spiro atoms. The minimum Gasteiger partial charge on any atom is -0.346 e. The second-order valence-electron chi connectivity index (χ2n) is 6.41. The highest BCUT2D eigenvalue weighted by Crippen LogP contribution is 2.14. The Morgan fingerprint density at radius 2 is 1.76 bits per heavy atom. The van der Waals surface area contributed by atoms with E-state index < -0.39 is 0 Å². The Hall–Kier alpha value is -2.88. The van der Waals surface area contributed by atoms with Crippen molar-refractivity contribution in [1.29, 1.82) is 0 Å². The van der Waals surface area contributed by atoms with Gasteiger partial charge in [-0.1, -0.05) is 42.0 Å². The maximum absolute atomic E-state index is 12.5. The van der Waals surface area contributed by atoms with Crippen LogP contribution in [-0.4, -0.2) is 15.5 Å². The molecule has 4 nitrogen and oxygen atoms in total. The third-order valence-electron chi connectivity index (χ3n) is 4.42. The van der Waals surface area contributed by atoms with E-state index in [9.17, 15) is 4.79 Å². The number of carbonyl (C=O) groups is 1. The Morgan fingerprint density at radius 1 is 1.08 bits per heavy atom. The largest absolute Gasteiger partial charge is 0.346 e. The monoisotopic (exact) mass is 333 g/mol. The van der Waals surface area contributed by atoms with E-state index in [-0.39, 0.29) is 11.9 Å². The van der Waals surface area contributed by atoms with Crippen molar-refractivity contribution in [2.24, 2.45) is 0 Å². The van der Waals surface area contributed by atoms with Crippen molar-refractivity contribution in [3.8, 4) is 0 Å². The van der Waals surface area contributed by atoms with Crippen LogP contribution in [0.4, 0.5) is 0 Å². The molecule has 4 heteroatoms. The average molecular weight is 333 g/mol. The van der Waals surface area contributed by atoms with Crippen LogP contribution in [-0.2, 0) is 6.54 Å².